The van der Waals surface area contributed by atoms with Gasteiger partial charge in [0.25, 0.3) is 0 Å². The Morgan fingerprint density at radius 3 is 2.50 bits per heavy atom. The van der Waals surface area contributed by atoms with E-state index in [1.807, 2.05) is 19.1 Å². The third-order valence-corrected chi connectivity index (χ3v) is 2.79. The molecular formula is C16H22O4. The predicted molar refractivity (Wildman–Crippen MR) is 77.0 cm³/mol. The minimum Gasteiger partial charge on any atom is -0.486 e. The lowest BCUT2D eigenvalue weighted by Gasteiger charge is -2.11. The van der Waals surface area contributed by atoms with E-state index >= 15 is 0 Å². The fraction of sp³-hybridized carbons (Fsp3) is 0.500. The van der Waals surface area contributed by atoms with Gasteiger partial charge in [-0.1, -0.05) is 19.9 Å². The fourth-order valence-electron chi connectivity index (χ4n) is 1.78. The molecule has 110 valence electrons. The van der Waals surface area contributed by atoms with E-state index in [-0.39, 0.29) is 25.4 Å². The zero-order chi connectivity index (χ0) is 15.1. The number of hydrogen-bond acceptors (Lipinski definition) is 4. The second-order valence-corrected chi connectivity index (χ2v) is 5.04. The number of esters is 1. The molecule has 0 amide bonds. The molecule has 0 N–H and O–H groups in total. The third kappa shape index (κ3) is 5.43. The molecule has 1 aromatic carbocycles. The second kappa shape index (κ2) is 7.68. The highest BCUT2D eigenvalue weighted by Gasteiger charge is 2.11. The third-order valence-electron chi connectivity index (χ3n) is 2.79. The van der Waals surface area contributed by atoms with Gasteiger partial charge in [-0.05, 0) is 43.0 Å². The zero-order valence-electron chi connectivity index (χ0n) is 12.6. The van der Waals surface area contributed by atoms with Crippen LogP contribution in [0.3, 0.4) is 0 Å². The minimum atomic E-state index is -0.506. The van der Waals surface area contributed by atoms with Gasteiger partial charge in [0.15, 0.2) is 5.78 Å². The summed E-state index contributed by atoms with van der Waals surface area (Å²) in [6, 6.07) is 5.90. The molecule has 4 heteroatoms. The molecule has 0 radical (unpaired) electrons. The van der Waals surface area contributed by atoms with Crippen LogP contribution in [0.25, 0.3) is 0 Å². The number of carbonyl (C=O) groups is 2. The summed E-state index contributed by atoms with van der Waals surface area (Å²) in [5.74, 6) is 0.266. The van der Waals surface area contributed by atoms with Crippen molar-refractivity contribution in [3.63, 3.8) is 0 Å². The van der Waals surface area contributed by atoms with Crippen molar-refractivity contribution < 1.29 is 19.1 Å². The summed E-state index contributed by atoms with van der Waals surface area (Å²) in [5.41, 5.74) is 2.25. The van der Waals surface area contributed by atoms with Gasteiger partial charge in [0.1, 0.15) is 18.8 Å². The number of ether oxygens (including phenoxy) is 2. The summed E-state index contributed by atoms with van der Waals surface area (Å²) in [6.45, 7) is 8.07. The molecule has 0 saturated heterocycles. The van der Waals surface area contributed by atoms with Crippen molar-refractivity contribution in [3.8, 4) is 5.75 Å². The maximum atomic E-state index is 11.6. The summed E-state index contributed by atoms with van der Waals surface area (Å²) in [4.78, 5) is 22.7. The predicted octanol–water partition coefficient (Wildman–Crippen LogP) is 3.02. The Morgan fingerprint density at radius 1 is 1.20 bits per heavy atom. The molecule has 0 aliphatic carbocycles. The largest absolute Gasteiger partial charge is 0.486 e. The van der Waals surface area contributed by atoms with Crippen LogP contribution in [0.15, 0.2) is 18.2 Å². The molecule has 0 aliphatic rings. The lowest BCUT2D eigenvalue weighted by Crippen LogP contribution is -2.17. The van der Waals surface area contributed by atoms with E-state index < -0.39 is 5.97 Å². The van der Waals surface area contributed by atoms with Crippen LogP contribution in [0, 0.1) is 6.92 Å². The quantitative estimate of drug-likeness (QED) is 0.568. The molecule has 4 nitrogen and oxygen atoms in total. The average molecular weight is 278 g/mol. The Morgan fingerprint density at radius 2 is 1.90 bits per heavy atom. The Balaban J connectivity index is 2.57. The van der Waals surface area contributed by atoms with Crippen LogP contribution in [0.4, 0.5) is 0 Å². The van der Waals surface area contributed by atoms with Crippen LogP contribution in [0.1, 0.15) is 44.2 Å². The number of benzene rings is 1. The number of ketones is 1. The molecule has 20 heavy (non-hydrogen) atoms. The Bertz CT molecular complexity index is 477. The van der Waals surface area contributed by atoms with Crippen LogP contribution in [-0.4, -0.2) is 25.0 Å². The van der Waals surface area contributed by atoms with E-state index in [0.29, 0.717) is 11.7 Å². The summed E-state index contributed by atoms with van der Waals surface area (Å²) in [7, 11) is 0. The van der Waals surface area contributed by atoms with E-state index in [2.05, 4.69) is 19.9 Å². The second-order valence-electron chi connectivity index (χ2n) is 5.04. The monoisotopic (exact) mass is 278 g/mol. The van der Waals surface area contributed by atoms with Gasteiger partial charge in [-0.25, -0.2) is 0 Å². The molecule has 0 spiro atoms. The molecule has 0 bridgehead atoms. The van der Waals surface area contributed by atoms with Gasteiger partial charge in [-0.2, -0.15) is 0 Å². The number of Topliss-reactive ketones (excluding diaryl/α,β-unsaturated/α-hetero) is 1. The van der Waals surface area contributed by atoms with E-state index in [9.17, 15) is 9.59 Å². The van der Waals surface area contributed by atoms with Crippen LogP contribution in [0.2, 0.25) is 0 Å². The molecule has 0 aromatic heterocycles. The maximum absolute atomic E-state index is 11.6. The summed E-state index contributed by atoms with van der Waals surface area (Å²) >= 11 is 0. The molecule has 1 aromatic rings. The fourth-order valence-corrected chi connectivity index (χ4v) is 1.78. The number of rotatable bonds is 7. The van der Waals surface area contributed by atoms with E-state index in [0.717, 1.165) is 11.1 Å². The first-order valence-electron chi connectivity index (χ1n) is 6.84. The molecule has 0 saturated carbocycles. The molecule has 0 unspecified atom stereocenters. The van der Waals surface area contributed by atoms with Gasteiger partial charge in [0.2, 0.25) is 0 Å². The zero-order valence-corrected chi connectivity index (χ0v) is 12.6. The number of hydrogen-bond donors (Lipinski definition) is 0. The molecule has 0 aliphatic heterocycles. The van der Waals surface area contributed by atoms with Crippen molar-refractivity contribution in [2.45, 2.75) is 40.0 Å². The lowest BCUT2D eigenvalue weighted by molar-refractivity contribution is -0.145. The van der Waals surface area contributed by atoms with E-state index in [1.54, 1.807) is 6.92 Å². The average Bonchev–Trinajstić information content (AvgIpc) is 2.36. The van der Waals surface area contributed by atoms with Gasteiger partial charge in [0, 0.05) is 0 Å². The highest BCUT2D eigenvalue weighted by molar-refractivity contribution is 5.96. The van der Waals surface area contributed by atoms with Crippen molar-refractivity contribution in [2.75, 3.05) is 13.2 Å². The molecule has 0 heterocycles. The minimum absolute atomic E-state index is 0.111. The van der Waals surface area contributed by atoms with Crippen LogP contribution in [-0.2, 0) is 14.3 Å². The smallest absolute Gasteiger partial charge is 0.313 e. The number of carbonyl (C=O) groups excluding carboxylic acids is 2. The Hall–Kier alpha value is -1.84. The first-order valence-corrected chi connectivity index (χ1v) is 6.84. The lowest BCUT2D eigenvalue weighted by atomic mass is 10.0. The van der Waals surface area contributed by atoms with Crippen molar-refractivity contribution in [3.05, 3.63) is 29.3 Å². The first kappa shape index (κ1) is 16.2. The van der Waals surface area contributed by atoms with Crippen molar-refractivity contribution in [1.29, 1.82) is 0 Å². The van der Waals surface area contributed by atoms with Crippen molar-refractivity contribution in [1.82, 2.24) is 0 Å². The topological polar surface area (TPSA) is 52.6 Å². The highest BCUT2D eigenvalue weighted by Crippen LogP contribution is 2.22. The van der Waals surface area contributed by atoms with Gasteiger partial charge < -0.3 is 9.47 Å². The Labute approximate surface area is 120 Å². The van der Waals surface area contributed by atoms with E-state index in [4.69, 9.17) is 9.47 Å². The first-order chi connectivity index (χ1) is 9.42. The van der Waals surface area contributed by atoms with Crippen molar-refractivity contribution >= 4 is 11.8 Å². The molecule has 1 rings (SSSR count). The van der Waals surface area contributed by atoms with E-state index in [1.165, 1.54) is 0 Å². The van der Waals surface area contributed by atoms with Crippen LogP contribution in [0.5, 0.6) is 5.75 Å². The number of aryl methyl sites for hydroxylation is 1. The highest BCUT2D eigenvalue weighted by atomic mass is 16.5. The standard InChI is InChI=1S/C16H22O4/c1-5-19-16(18)9-14(17)10-20-15-7-12(4)6-13(8-15)11(2)3/h6-8,11H,5,9-10H2,1-4H3. The summed E-state index contributed by atoms with van der Waals surface area (Å²) < 4.78 is 10.2. The summed E-state index contributed by atoms with van der Waals surface area (Å²) in [6.07, 6.45) is -0.239. The van der Waals surface area contributed by atoms with Crippen LogP contribution >= 0.6 is 0 Å². The van der Waals surface area contributed by atoms with Crippen LogP contribution < -0.4 is 4.74 Å². The molecular weight excluding hydrogens is 256 g/mol. The molecule has 0 atom stereocenters. The van der Waals surface area contributed by atoms with Gasteiger partial charge in [-0.15, -0.1) is 0 Å². The maximum Gasteiger partial charge on any atom is 0.313 e. The van der Waals surface area contributed by atoms with Gasteiger partial charge in [-0.3, -0.25) is 9.59 Å². The Kier molecular flexibility index (Phi) is 6.22. The normalized spacial score (nSPS) is 10.4. The molecule has 0 fully saturated rings. The summed E-state index contributed by atoms with van der Waals surface area (Å²) in [5, 5.41) is 0. The SMILES string of the molecule is CCOC(=O)CC(=O)COc1cc(C)cc(C(C)C)c1. The van der Waals surface area contributed by atoms with Gasteiger partial charge >= 0.3 is 5.97 Å². The van der Waals surface area contributed by atoms with Gasteiger partial charge in [0.05, 0.1) is 6.61 Å². The van der Waals surface area contributed by atoms with Crippen molar-refractivity contribution in [2.24, 2.45) is 0 Å².